The Morgan fingerprint density at radius 2 is 2.03 bits per heavy atom. The van der Waals surface area contributed by atoms with Gasteiger partial charge in [0.25, 0.3) is 5.69 Å². The van der Waals surface area contributed by atoms with Gasteiger partial charge in [-0.15, -0.1) is 0 Å². The summed E-state index contributed by atoms with van der Waals surface area (Å²) in [6.07, 6.45) is 3.32. The molecule has 1 atom stereocenters. The Labute approximate surface area is 174 Å². The zero-order valence-corrected chi connectivity index (χ0v) is 17.0. The highest BCUT2D eigenvalue weighted by Crippen LogP contribution is 2.51. The van der Waals surface area contributed by atoms with E-state index in [2.05, 4.69) is 11.9 Å². The highest BCUT2D eigenvalue weighted by molar-refractivity contribution is 6.04. The second kappa shape index (κ2) is 7.41. The minimum atomic E-state index is -0.467. The van der Waals surface area contributed by atoms with Gasteiger partial charge < -0.3 is 5.32 Å². The van der Waals surface area contributed by atoms with Crippen LogP contribution >= 0.6 is 0 Å². The third-order valence-electron chi connectivity index (χ3n) is 6.61. The summed E-state index contributed by atoms with van der Waals surface area (Å²) in [5, 5.41) is 14.8. The molecule has 1 spiro atoms. The Morgan fingerprint density at radius 1 is 1.30 bits per heavy atom. The number of halogens is 1. The fourth-order valence-electron chi connectivity index (χ4n) is 5.16. The number of carbonyl (C=O) groups excluding carboxylic acids is 1. The first-order valence-corrected chi connectivity index (χ1v) is 10.1. The third kappa shape index (κ3) is 3.05. The van der Waals surface area contributed by atoms with Crippen LogP contribution in [0.3, 0.4) is 0 Å². The predicted molar refractivity (Wildman–Crippen MR) is 114 cm³/mol. The van der Waals surface area contributed by atoms with Crippen molar-refractivity contribution in [3.8, 4) is 0 Å². The van der Waals surface area contributed by atoms with E-state index in [0.717, 1.165) is 37.2 Å². The summed E-state index contributed by atoms with van der Waals surface area (Å²) < 4.78 is 14.2. The number of nitrogens with one attached hydrogen (secondary N) is 1. The van der Waals surface area contributed by atoms with Crippen LogP contribution in [0.25, 0.3) is 0 Å². The molecule has 0 aromatic heterocycles. The maximum absolute atomic E-state index is 14.2. The molecular formula is C23H25FN3O3+. The number of benzene rings is 2. The number of carbonyl (C=O) groups is 1. The molecule has 7 heteroatoms. The highest BCUT2D eigenvalue weighted by atomic mass is 19.1. The zero-order valence-electron chi connectivity index (χ0n) is 17.0. The van der Waals surface area contributed by atoms with Crippen molar-refractivity contribution >= 4 is 17.3 Å². The fraction of sp³-hybridized carbons (Fsp3) is 0.348. The first-order valence-electron chi connectivity index (χ1n) is 10.1. The summed E-state index contributed by atoms with van der Waals surface area (Å²) in [6.45, 7) is 7.96. The summed E-state index contributed by atoms with van der Waals surface area (Å²) in [5.41, 5.74) is 2.05. The quantitative estimate of drug-likeness (QED) is 0.358. The lowest BCUT2D eigenvalue weighted by molar-refractivity contribution is -0.385. The van der Waals surface area contributed by atoms with Crippen LogP contribution in [0.5, 0.6) is 0 Å². The van der Waals surface area contributed by atoms with Crippen molar-refractivity contribution in [1.82, 2.24) is 9.80 Å². The topological polar surface area (TPSA) is 72.2 Å². The summed E-state index contributed by atoms with van der Waals surface area (Å²) in [4.78, 5) is 24.9. The SMILES string of the molecule is C=CC[N+]1(C(=O)c2ccc(C)c([N+](=O)[O-])c2)CC2(CCNCC2)c2cc(F)ccc21. The first-order chi connectivity index (χ1) is 14.3. The average molecular weight is 410 g/mol. The van der Waals surface area contributed by atoms with Gasteiger partial charge in [-0.05, 0) is 57.1 Å². The summed E-state index contributed by atoms with van der Waals surface area (Å²) >= 11 is 0. The van der Waals surface area contributed by atoms with Crippen LogP contribution < -0.4 is 9.80 Å². The molecule has 0 saturated carbocycles. The minimum Gasteiger partial charge on any atom is -0.317 e. The number of nitro groups is 1. The molecule has 30 heavy (non-hydrogen) atoms. The van der Waals surface area contributed by atoms with Gasteiger partial charge >= 0.3 is 5.91 Å². The van der Waals surface area contributed by atoms with Gasteiger partial charge in [-0.3, -0.25) is 10.1 Å². The Kier molecular flexibility index (Phi) is 5.03. The second-order valence-electron chi connectivity index (χ2n) is 8.35. The highest BCUT2D eigenvalue weighted by Gasteiger charge is 2.57. The van der Waals surface area contributed by atoms with E-state index in [-0.39, 0.29) is 32.9 Å². The number of piperidine rings is 1. The van der Waals surface area contributed by atoms with Gasteiger partial charge in [-0.2, -0.15) is 0 Å². The number of amides is 1. The molecule has 1 amide bonds. The number of nitro benzene ring substituents is 1. The summed E-state index contributed by atoms with van der Waals surface area (Å²) in [6, 6.07) is 9.26. The monoisotopic (exact) mass is 410 g/mol. The van der Waals surface area contributed by atoms with Crippen LogP contribution in [0.15, 0.2) is 49.1 Å². The van der Waals surface area contributed by atoms with Gasteiger partial charge in [0.05, 0.1) is 15.9 Å². The van der Waals surface area contributed by atoms with Crippen molar-refractivity contribution in [2.75, 3.05) is 26.2 Å². The van der Waals surface area contributed by atoms with E-state index < -0.39 is 4.92 Å². The van der Waals surface area contributed by atoms with Crippen LogP contribution in [0, 0.1) is 22.9 Å². The molecule has 1 fully saturated rings. The van der Waals surface area contributed by atoms with Gasteiger partial charge in [-0.25, -0.2) is 13.7 Å². The number of nitrogens with zero attached hydrogens (tertiary/aromatic N) is 2. The summed E-state index contributed by atoms with van der Waals surface area (Å²) in [7, 11) is 0. The molecule has 2 aromatic rings. The summed E-state index contributed by atoms with van der Waals surface area (Å²) in [5.74, 6) is -0.537. The molecule has 1 N–H and O–H groups in total. The molecule has 6 nitrogen and oxygen atoms in total. The van der Waals surface area contributed by atoms with Crippen LogP contribution in [0.4, 0.5) is 15.8 Å². The third-order valence-corrected chi connectivity index (χ3v) is 6.61. The smallest absolute Gasteiger partial charge is 0.317 e. The van der Waals surface area contributed by atoms with Crippen molar-refractivity contribution in [2.24, 2.45) is 0 Å². The van der Waals surface area contributed by atoms with E-state index >= 15 is 0 Å². The van der Waals surface area contributed by atoms with Crippen molar-refractivity contribution in [3.63, 3.8) is 0 Å². The Morgan fingerprint density at radius 3 is 2.70 bits per heavy atom. The van der Waals surface area contributed by atoms with Crippen molar-refractivity contribution in [2.45, 2.75) is 25.2 Å². The number of rotatable bonds is 4. The molecule has 2 aliphatic rings. The zero-order chi connectivity index (χ0) is 21.5. The molecule has 2 aromatic carbocycles. The number of quaternary nitrogens is 1. The number of hydrogen-bond acceptors (Lipinski definition) is 4. The molecule has 0 radical (unpaired) electrons. The van der Waals surface area contributed by atoms with E-state index in [9.17, 15) is 19.3 Å². The van der Waals surface area contributed by atoms with E-state index in [1.165, 1.54) is 12.1 Å². The molecule has 0 bridgehead atoms. The Balaban J connectivity index is 1.89. The second-order valence-corrected chi connectivity index (χ2v) is 8.35. The van der Waals surface area contributed by atoms with Gasteiger partial charge in [0, 0.05) is 23.3 Å². The molecule has 2 aliphatic heterocycles. The molecular weight excluding hydrogens is 385 g/mol. The Hall–Kier alpha value is -2.90. The molecule has 4 rings (SSSR count). The average Bonchev–Trinajstić information content (AvgIpc) is 2.98. The van der Waals surface area contributed by atoms with E-state index in [1.54, 1.807) is 37.3 Å². The van der Waals surface area contributed by atoms with Crippen molar-refractivity contribution < 1.29 is 14.1 Å². The van der Waals surface area contributed by atoms with E-state index in [0.29, 0.717) is 18.7 Å². The van der Waals surface area contributed by atoms with Crippen LogP contribution in [-0.4, -0.2) is 37.0 Å². The number of aryl methyl sites for hydroxylation is 1. The number of fused-ring (bicyclic) bond motifs is 2. The molecule has 156 valence electrons. The van der Waals surface area contributed by atoms with Crippen LogP contribution in [0.1, 0.15) is 34.3 Å². The van der Waals surface area contributed by atoms with Gasteiger partial charge in [0.15, 0.2) is 0 Å². The predicted octanol–water partition coefficient (Wildman–Crippen LogP) is 4.01. The maximum Gasteiger partial charge on any atom is 0.351 e. The van der Waals surface area contributed by atoms with Crippen LogP contribution in [0.2, 0.25) is 0 Å². The van der Waals surface area contributed by atoms with Crippen LogP contribution in [-0.2, 0) is 5.41 Å². The standard InChI is InChI=1S/C23H25FN3O3/c1-3-12-27(22(28)17-5-4-16(2)20(13-17)26(29)30)15-23(8-10-25-11-9-23)19-14-18(24)6-7-21(19)27/h3-7,13-14,25H,1,8-12,15H2,2H3/q+1. The molecule has 1 saturated heterocycles. The minimum absolute atomic E-state index is 0.0284. The van der Waals surface area contributed by atoms with Gasteiger partial charge in [0.2, 0.25) is 0 Å². The molecule has 1 unspecified atom stereocenters. The number of hydrogen-bond donors (Lipinski definition) is 1. The van der Waals surface area contributed by atoms with Gasteiger partial charge in [0.1, 0.15) is 24.6 Å². The molecule has 2 heterocycles. The van der Waals surface area contributed by atoms with Crippen molar-refractivity contribution in [1.29, 1.82) is 0 Å². The lowest BCUT2D eigenvalue weighted by atomic mass is 9.74. The van der Waals surface area contributed by atoms with E-state index in [4.69, 9.17) is 0 Å². The Bertz CT molecular complexity index is 1050. The molecule has 0 aliphatic carbocycles. The van der Waals surface area contributed by atoms with Gasteiger partial charge in [-0.1, -0.05) is 12.6 Å². The fourth-order valence-corrected chi connectivity index (χ4v) is 5.16. The lowest BCUT2D eigenvalue weighted by Crippen LogP contribution is -2.57. The van der Waals surface area contributed by atoms with E-state index in [1.807, 2.05) is 0 Å². The maximum atomic E-state index is 14.2. The lowest BCUT2D eigenvalue weighted by Gasteiger charge is -2.36. The first kappa shape index (κ1) is 20.4. The largest absolute Gasteiger partial charge is 0.351 e. The van der Waals surface area contributed by atoms with Crippen molar-refractivity contribution in [3.05, 3.63) is 81.7 Å². The normalized spacial score (nSPS) is 21.9.